The second-order valence-corrected chi connectivity index (χ2v) is 5.54. The molecule has 7 nitrogen and oxygen atoms in total. The number of aromatic nitrogens is 4. The SMILES string of the molecule is Cc1nc(-c2cnccn2)n(CC(=O)Nc2ccccc2)c(=O)c1C. The van der Waals surface area contributed by atoms with Crippen molar-refractivity contribution in [3.05, 3.63) is 70.5 Å². The molecule has 3 rings (SSSR count). The Hall–Kier alpha value is -3.35. The third kappa shape index (κ3) is 3.60. The van der Waals surface area contributed by atoms with Crippen LogP contribution in [0.25, 0.3) is 11.5 Å². The zero-order valence-corrected chi connectivity index (χ0v) is 13.9. The number of nitrogens with zero attached hydrogens (tertiary/aromatic N) is 4. The number of benzene rings is 1. The molecular weight excluding hydrogens is 318 g/mol. The summed E-state index contributed by atoms with van der Waals surface area (Å²) in [6, 6.07) is 9.07. The van der Waals surface area contributed by atoms with Gasteiger partial charge in [-0.1, -0.05) is 18.2 Å². The van der Waals surface area contributed by atoms with Crippen LogP contribution in [0, 0.1) is 13.8 Å². The van der Waals surface area contributed by atoms with E-state index in [0.29, 0.717) is 28.5 Å². The third-order valence-electron chi connectivity index (χ3n) is 3.79. The Kier molecular flexibility index (Phi) is 4.65. The van der Waals surface area contributed by atoms with Gasteiger partial charge in [0.2, 0.25) is 5.91 Å². The van der Waals surface area contributed by atoms with Crippen LogP contribution in [0.15, 0.2) is 53.7 Å². The second kappa shape index (κ2) is 7.04. The van der Waals surface area contributed by atoms with Gasteiger partial charge in [0.25, 0.3) is 5.56 Å². The van der Waals surface area contributed by atoms with Crippen LogP contribution in [-0.4, -0.2) is 25.4 Å². The van der Waals surface area contributed by atoms with Gasteiger partial charge in [0.05, 0.1) is 6.20 Å². The van der Waals surface area contributed by atoms with E-state index >= 15 is 0 Å². The van der Waals surface area contributed by atoms with Gasteiger partial charge in [-0.3, -0.25) is 19.1 Å². The first kappa shape index (κ1) is 16.5. The molecule has 2 heterocycles. The quantitative estimate of drug-likeness (QED) is 0.787. The van der Waals surface area contributed by atoms with E-state index in [1.54, 1.807) is 26.0 Å². The van der Waals surface area contributed by atoms with Gasteiger partial charge in [-0.25, -0.2) is 9.97 Å². The van der Waals surface area contributed by atoms with Crippen LogP contribution in [0.4, 0.5) is 5.69 Å². The summed E-state index contributed by atoms with van der Waals surface area (Å²) in [6.45, 7) is 3.29. The lowest BCUT2D eigenvalue weighted by atomic mass is 10.2. The molecule has 1 amide bonds. The van der Waals surface area contributed by atoms with Crippen molar-refractivity contribution in [2.75, 3.05) is 5.32 Å². The van der Waals surface area contributed by atoms with E-state index in [1.165, 1.54) is 23.2 Å². The Morgan fingerprint density at radius 1 is 1.16 bits per heavy atom. The van der Waals surface area contributed by atoms with Gasteiger partial charge < -0.3 is 5.32 Å². The highest BCUT2D eigenvalue weighted by molar-refractivity contribution is 5.90. The summed E-state index contributed by atoms with van der Waals surface area (Å²) >= 11 is 0. The maximum atomic E-state index is 12.7. The predicted molar refractivity (Wildman–Crippen MR) is 94.1 cm³/mol. The molecule has 7 heteroatoms. The van der Waals surface area contributed by atoms with Crippen molar-refractivity contribution in [3.63, 3.8) is 0 Å². The fourth-order valence-electron chi connectivity index (χ4n) is 2.38. The molecule has 0 atom stereocenters. The smallest absolute Gasteiger partial charge is 0.257 e. The van der Waals surface area contributed by atoms with E-state index in [-0.39, 0.29) is 18.0 Å². The summed E-state index contributed by atoms with van der Waals surface area (Å²) in [6.07, 6.45) is 4.57. The van der Waals surface area contributed by atoms with Crippen molar-refractivity contribution < 1.29 is 4.79 Å². The molecule has 2 aromatic heterocycles. The molecule has 0 saturated heterocycles. The van der Waals surface area contributed by atoms with Crippen LogP contribution >= 0.6 is 0 Å². The lowest BCUT2D eigenvalue weighted by molar-refractivity contribution is -0.116. The van der Waals surface area contributed by atoms with E-state index in [1.807, 2.05) is 18.2 Å². The second-order valence-electron chi connectivity index (χ2n) is 5.54. The van der Waals surface area contributed by atoms with Gasteiger partial charge in [0, 0.05) is 29.3 Å². The van der Waals surface area contributed by atoms with E-state index in [2.05, 4.69) is 20.3 Å². The first-order valence-corrected chi connectivity index (χ1v) is 7.75. The number of aryl methyl sites for hydroxylation is 1. The van der Waals surface area contributed by atoms with Gasteiger partial charge in [0.1, 0.15) is 12.2 Å². The van der Waals surface area contributed by atoms with E-state index < -0.39 is 0 Å². The maximum absolute atomic E-state index is 12.7. The van der Waals surface area contributed by atoms with Gasteiger partial charge in [-0.15, -0.1) is 0 Å². The van der Waals surface area contributed by atoms with Crippen LogP contribution in [0.1, 0.15) is 11.3 Å². The van der Waals surface area contributed by atoms with E-state index in [9.17, 15) is 9.59 Å². The molecular formula is C18H17N5O2. The standard InChI is InChI=1S/C18H17N5O2/c1-12-13(2)21-17(15-10-19-8-9-20-15)23(18(12)25)11-16(24)22-14-6-4-3-5-7-14/h3-10H,11H2,1-2H3,(H,22,24). The Morgan fingerprint density at radius 3 is 2.60 bits per heavy atom. The zero-order chi connectivity index (χ0) is 17.8. The number of anilines is 1. The largest absolute Gasteiger partial charge is 0.325 e. The molecule has 0 fully saturated rings. The molecule has 1 N–H and O–H groups in total. The Balaban J connectivity index is 1.98. The highest BCUT2D eigenvalue weighted by atomic mass is 16.2. The van der Waals surface area contributed by atoms with Gasteiger partial charge in [-0.2, -0.15) is 0 Å². The Bertz CT molecular complexity index is 952. The van der Waals surface area contributed by atoms with Crippen molar-refractivity contribution >= 4 is 11.6 Å². The maximum Gasteiger partial charge on any atom is 0.257 e. The van der Waals surface area contributed by atoms with Crippen molar-refractivity contribution in [3.8, 4) is 11.5 Å². The first-order chi connectivity index (χ1) is 12.1. The topological polar surface area (TPSA) is 89.8 Å². The average Bonchev–Trinajstić information content (AvgIpc) is 2.63. The molecule has 0 saturated carbocycles. The number of hydrogen-bond acceptors (Lipinski definition) is 5. The van der Waals surface area contributed by atoms with Crippen LogP contribution in [-0.2, 0) is 11.3 Å². The molecule has 25 heavy (non-hydrogen) atoms. The highest BCUT2D eigenvalue weighted by Gasteiger charge is 2.16. The number of hydrogen-bond donors (Lipinski definition) is 1. The summed E-state index contributed by atoms with van der Waals surface area (Å²) in [4.78, 5) is 37.7. The van der Waals surface area contributed by atoms with Crippen molar-refractivity contribution in [2.24, 2.45) is 0 Å². The predicted octanol–water partition coefficient (Wildman–Crippen LogP) is 1.96. The Labute approximate surface area is 144 Å². The number of amides is 1. The summed E-state index contributed by atoms with van der Waals surface area (Å²) < 4.78 is 1.32. The molecule has 1 aromatic carbocycles. The molecule has 0 unspecified atom stereocenters. The number of para-hydroxylation sites is 1. The minimum Gasteiger partial charge on any atom is -0.325 e. The number of rotatable bonds is 4. The lowest BCUT2D eigenvalue weighted by Crippen LogP contribution is -2.32. The monoisotopic (exact) mass is 335 g/mol. The summed E-state index contributed by atoms with van der Waals surface area (Å²) in [5.74, 6) is 0.00732. The molecule has 0 aliphatic rings. The minimum atomic E-state index is -0.316. The summed E-state index contributed by atoms with van der Waals surface area (Å²) in [5, 5.41) is 2.77. The molecule has 0 spiro atoms. The van der Waals surface area contributed by atoms with Crippen molar-refractivity contribution in [2.45, 2.75) is 20.4 Å². The normalized spacial score (nSPS) is 10.5. The fraction of sp³-hybridized carbons (Fsp3) is 0.167. The lowest BCUT2D eigenvalue weighted by Gasteiger charge is -2.14. The van der Waals surface area contributed by atoms with E-state index in [4.69, 9.17) is 0 Å². The van der Waals surface area contributed by atoms with E-state index in [0.717, 1.165) is 0 Å². The van der Waals surface area contributed by atoms with Crippen LogP contribution < -0.4 is 10.9 Å². The minimum absolute atomic E-state index is 0.159. The molecule has 0 bridgehead atoms. The molecule has 0 radical (unpaired) electrons. The average molecular weight is 335 g/mol. The Morgan fingerprint density at radius 2 is 1.92 bits per heavy atom. The molecule has 0 aliphatic heterocycles. The summed E-state index contributed by atoms with van der Waals surface area (Å²) in [5.41, 5.74) is 1.94. The van der Waals surface area contributed by atoms with Crippen molar-refractivity contribution in [1.82, 2.24) is 19.5 Å². The molecule has 126 valence electrons. The first-order valence-electron chi connectivity index (χ1n) is 7.75. The summed E-state index contributed by atoms with van der Waals surface area (Å²) in [7, 11) is 0. The van der Waals surface area contributed by atoms with Crippen LogP contribution in [0.3, 0.4) is 0 Å². The molecule has 3 aromatic rings. The van der Waals surface area contributed by atoms with Gasteiger partial charge >= 0.3 is 0 Å². The number of carbonyl (C=O) groups excluding carboxylic acids is 1. The fourth-order valence-corrected chi connectivity index (χ4v) is 2.38. The van der Waals surface area contributed by atoms with Crippen molar-refractivity contribution in [1.29, 1.82) is 0 Å². The van der Waals surface area contributed by atoms with Gasteiger partial charge in [-0.05, 0) is 26.0 Å². The molecule has 0 aliphatic carbocycles. The van der Waals surface area contributed by atoms with Gasteiger partial charge in [0.15, 0.2) is 5.82 Å². The zero-order valence-electron chi connectivity index (χ0n) is 13.9. The number of carbonyl (C=O) groups is 1. The highest BCUT2D eigenvalue weighted by Crippen LogP contribution is 2.14. The number of nitrogens with one attached hydrogen (secondary N) is 1. The third-order valence-corrected chi connectivity index (χ3v) is 3.79. The van der Waals surface area contributed by atoms with Crippen LogP contribution in [0.2, 0.25) is 0 Å². The van der Waals surface area contributed by atoms with Crippen LogP contribution in [0.5, 0.6) is 0 Å².